The molecule has 0 saturated heterocycles. The molecule has 0 aromatic heterocycles. The molecule has 0 atom stereocenters. The Morgan fingerprint density at radius 1 is 1.38 bits per heavy atom. The Hall–Kier alpha value is -1.58. The molecule has 4 heteroatoms. The summed E-state index contributed by atoms with van der Waals surface area (Å²) >= 11 is 0. The molecule has 0 spiro atoms. The van der Waals surface area contributed by atoms with E-state index in [9.17, 15) is 9.18 Å². The second kappa shape index (κ2) is 5.49. The van der Waals surface area contributed by atoms with Crippen LogP contribution in [0.15, 0.2) is 24.3 Å². The van der Waals surface area contributed by atoms with E-state index in [4.69, 9.17) is 4.74 Å². The van der Waals surface area contributed by atoms with Crippen LogP contribution in [0.1, 0.15) is 13.8 Å². The first-order chi connectivity index (χ1) is 7.50. The third-order valence-corrected chi connectivity index (χ3v) is 2.34. The van der Waals surface area contributed by atoms with E-state index in [2.05, 4.69) is 0 Å². The van der Waals surface area contributed by atoms with Crippen LogP contribution in [0.5, 0.6) is 5.75 Å². The van der Waals surface area contributed by atoms with Crippen molar-refractivity contribution in [3.63, 3.8) is 0 Å². The Balaban J connectivity index is 2.46. The summed E-state index contributed by atoms with van der Waals surface area (Å²) in [5.74, 6) is 0.0733. The van der Waals surface area contributed by atoms with E-state index in [1.807, 2.05) is 13.8 Å². The molecule has 1 aromatic carbocycles. The van der Waals surface area contributed by atoms with Crippen molar-refractivity contribution in [2.75, 3.05) is 13.7 Å². The predicted molar refractivity (Wildman–Crippen MR) is 59.8 cm³/mol. The predicted octanol–water partition coefficient (Wildman–Crippen LogP) is 2.07. The summed E-state index contributed by atoms with van der Waals surface area (Å²) in [5.41, 5.74) is 0. The Morgan fingerprint density at radius 2 is 1.94 bits per heavy atom. The summed E-state index contributed by atoms with van der Waals surface area (Å²) in [7, 11) is 1.72. The molecule has 0 bridgehead atoms. The molecular formula is C12H16FNO2. The zero-order valence-corrected chi connectivity index (χ0v) is 9.74. The number of hydrogen-bond acceptors (Lipinski definition) is 2. The van der Waals surface area contributed by atoms with Gasteiger partial charge in [-0.2, -0.15) is 0 Å². The number of hydrogen-bond donors (Lipinski definition) is 0. The van der Waals surface area contributed by atoms with Gasteiger partial charge in [-0.25, -0.2) is 4.39 Å². The van der Waals surface area contributed by atoms with E-state index in [1.165, 1.54) is 24.3 Å². The van der Waals surface area contributed by atoms with Crippen LogP contribution in [0.2, 0.25) is 0 Å². The van der Waals surface area contributed by atoms with Crippen molar-refractivity contribution < 1.29 is 13.9 Å². The molecular weight excluding hydrogens is 209 g/mol. The Morgan fingerprint density at radius 3 is 2.44 bits per heavy atom. The summed E-state index contributed by atoms with van der Waals surface area (Å²) < 4.78 is 17.8. The Labute approximate surface area is 94.8 Å². The molecule has 0 unspecified atom stereocenters. The van der Waals surface area contributed by atoms with Crippen LogP contribution in [0.25, 0.3) is 0 Å². The first-order valence-electron chi connectivity index (χ1n) is 5.14. The maximum absolute atomic E-state index is 12.6. The van der Waals surface area contributed by atoms with Crippen LogP contribution in [0.4, 0.5) is 4.39 Å². The van der Waals surface area contributed by atoms with E-state index >= 15 is 0 Å². The average Bonchev–Trinajstić information content (AvgIpc) is 2.26. The van der Waals surface area contributed by atoms with Crippen molar-refractivity contribution in [3.8, 4) is 5.75 Å². The lowest BCUT2D eigenvalue weighted by Crippen LogP contribution is -2.36. The molecule has 0 aliphatic carbocycles. The maximum Gasteiger partial charge on any atom is 0.260 e. The number of carbonyl (C=O) groups excluding carboxylic acids is 1. The third kappa shape index (κ3) is 3.53. The number of amides is 1. The summed E-state index contributed by atoms with van der Waals surface area (Å²) in [6.45, 7) is 3.83. The lowest BCUT2D eigenvalue weighted by molar-refractivity contribution is -0.133. The number of rotatable bonds is 4. The van der Waals surface area contributed by atoms with Crippen molar-refractivity contribution in [2.24, 2.45) is 0 Å². The van der Waals surface area contributed by atoms with Gasteiger partial charge in [0.2, 0.25) is 0 Å². The monoisotopic (exact) mass is 225 g/mol. The minimum Gasteiger partial charge on any atom is -0.484 e. The minimum atomic E-state index is -0.321. The zero-order chi connectivity index (χ0) is 12.1. The van der Waals surface area contributed by atoms with Gasteiger partial charge in [0.1, 0.15) is 11.6 Å². The van der Waals surface area contributed by atoms with Gasteiger partial charge in [-0.05, 0) is 38.1 Å². The number of likely N-dealkylation sites (N-methyl/N-ethyl adjacent to an activating group) is 1. The highest BCUT2D eigenvalue weighted by Crippen LogP contribution is 2.11. The molecule has 0 radical (unpaired) electrons. The van der Waals surface area contributed by atoms with Crippen molar-refractivity contribution >= 4 is 5.91 Å². The van der Waals surface area contributed by atoms with E-state index in [0.29, 0.717) is 5.75 Å². The van der Waals surface area contributed by atoms with E-state index < -0.39 is 0 Å². The highest BCUT2D eigenvalue weighted by molar-refractivity contribution is 5.77. The number of benzene rings is 1. The smallest absolute Gasteiger partial charge is 0.260 e. The fraction of sp³-hybridized carbons (Fsp3) is 0.417. The molecule has 3 nitrogen and oxygen atoms in total. The molecule has 0 fully saturated rings. The van der Waals surface area contributed by atoms with Gasteiger partial charge < -0.3 is 9.64 Å². The lowest BCUT2D eigenvalue weighted by atomic mass is 10.3. The largest absolute Gasteiger partial charge is 0.484 e. The molecule has 16 heavy (non-hydrogen) atoms. The Bertz CT molecular complexity index is 349. The van der Waals surface area contributed by atoms with Crippen LogP contribution in [-0.2, 0) is 4.79 Å². The van der Waals surface area contributed by atoms with Gasteiger partial charge in [0.15, 0.2) is 6.61 Å². The molecule has 0 aliphatic rings. The summed E-state index contributed by atoms with van der Waals surface area (Å²) in [6.07, 6.45) is 0. The van der Waals surface area contributed by atoms with Crippen LogP contribution in [-0.4, -0.2) is 30.5 Å². The first-order valence-corrected chi connectivity index (χ1v) is 5.14. The second-order valence-electron chi connectivity index (χ2n) is 3.84. The first kappa shape index (κ1) is 12.5. The van der Waals surface area contributed by atoms with E-state index in [0.717, 1.165) is 0 Å². The van der Waals surface area contributed by atoms with E-state index in [1.54, 1.807) is 11.9 Å². The highest BCUT2D eigenvalue weighted by Gasteiger charge is 2.12. The number of nitrogens with zero attached hydrogens (tertiary/aromatic N) is 1. The standard InChI is InChI=1S/C12H16FNO2/c1-9(2)14(3)12(15)8-16-11-6-4-10(13)5-7-11/h4-7,9H,8H2,1-3H3. The Kier molecular flexibility index (Phi) is 4.28. The molecule has 1 rings (SSSR count). The molecule has 1 aromatic rings. The summed E-state index contributed by atoms with van der Waals surface area (Å²) in [4.78, 5) is 13.2. The zero-order valence-electron chi connectivity index (χ0n) is 9.74. The van der Waals surface area contributed by atoms with Gasteiger partial charge in [-0.3, -0.25) is 4.79 Å². The van der Waals surface area contributed by atoms with Crippen molar-refractivity contribution in [3.05, 3.63) is 30.1 Å². The fourth-order valence-corrected chi connectivity index (χ4v) is 1.07. The van der Waals surface area contributed by atoms with Crippen LogP contribution in [0.3, 0.4) is 0 Å². The number of ether oxygens (including phenoxy) is 1. The normalized spacial score (nSPS) is 10.3. The van der Waals surface area contributed by atoms with Gasteiger partial charge in [0, 0.05) is 13.1 Å². The van der Waals surface area contributed by atoms with Gasteiger partial charge in [0.05, 0.1) is 0 Å². The van der Waals surface area contributed by atoms with E-state index in [-0.39, 0.29) is 24.4 Å². The van der Waals surface area contributed by atoms with Crippen molar-refractivity contribution in [2.45, 2.75) is 19.9 Å². The molecule has 0 aliphatic heterocycles. The maximum atomic E-state index is 12.6. The lowest BCUT2D eigenvalue weighted by Gasteiger charge is -2.21. The van der Waals surface area contributed by atoms with Crippen LogP contribution in [0, 0.1) is 5.82 Å². The quantitative estimate of drug-likeness (QED) is 0.785. The fourth-order valence-electron chi connectivity index (χ4n) is 1.07. The van der Waals surface area contributed by atoms with Gasteiger partial charge in [0.25, 0.3) is 5.91 Å². The van der Waals surface area contributed by atoms with Crippen LogP contribution < -0.4 is 4.74 Å². The minimum absolute atomic E-state index is 0.0275. The molecule has 1 amide bonds. The van der Waals surface area contributed by atoms with Gasteiger partial charge in [-0.15, -0.1) is 0 Å². The molecule has 0 N–H and O–H groups in total. The summed E-state index contributed by atoms with van der Waals surface area (Å²) in [5, 5.41) is 0. The molecule has 0 saturated carbocycles. The second-order valence-corrected chi connectivity index (χ2v) is 3.84. The SMILES string of the molecule is CC(C)N(C)C(=O)COc1ccc(F)cc1. The highest BCUT2D eigenvalue weighted by atomic mass is 19.1. The molecule has 88 valence electrons. The van der Waals surface area contributed by atoms with Gasteiger partial charge in [-0.1, -0.05) is 0 Å². The third-order valence-electron chi connectivity index (χ3n) is 2.34. The van der Waals surface area contributed by atoms with Crippen molar-refractivity contribution in [1.29, 1.82) is 0 Å². The topological polar surface area (TPSA) is 29.5 Å². The number of halogens is 1. The van der Waals surface area contributed by atoms with Crippen molar-refractivity contribution in [1.82, 2.24) is 4.90 Å². The number of carbonyl (C=O) groups is 1. The summed E-state index contributed by atoms with van der Waals surface area (Å²) in [6, 6.07) is 5.73. The van der Waals surface area contributed by atoms with Gasteiger partial charge >= 0.3 is 0 Å². The van der Waals surface area contributed by atoms with Crippen LogP contribution >= 0.6 is 0 Å². The average molecular weight is 225 g/mol. The molecule has 0 heterocycles.